The lowest BCUT2D eigenvalue weighted by Crippen LogP contribution is -2.60. The van der Waals surface area contributed by atoms with Gasteiger partial charge in [-0.3, -0.25) is 14.6 Å². The zero-order valence-electron chi connectivity index (χ0n) is 44.2. The van der Waals surface area contributed by atoms with E-state index in [0.29, 0.717) is 13.0 Å². The SMILES string of the molecule is CC(CCC/C=C/CCCN=C(N)N)CC(C)C1OC(=O)/C=C/C(C)C(O)CC(O)C(C)C(O)CCC(C)C(O)CC2(O)OC(CC(OC(=O)CC(=O)O)CC(O)CC(O)C(C)C(O)/C=C/C1C)CC(O)C2O. The highest BCUT2D eigenvalue weighted by Gasteiger charge is 2.50. The second-order valence-corrected chi connectivity index (χ2v) is 21.4. The number of rotatable bonds is 14. The number of aliphatic hydroxyl groups is 10. The van der Waals surface area contributed by atoms with Crippen molar-refractivity contribution >= 4 is 23.9 Å². The van der Waals surface area contributed by atoms with Crippen LogP contribution in [0.2, 0.25) is 0 Å². The highest BCUT2D eigenvalue weighted by Crippen LogP contribution is 2.36. The Balaban J connectivity index is 2.42. The molecular weight excluding hydrogens is 951 g/mol. The minimum Gasteiger partial charge on any atom is -0.481 e. The number of aliphatic imine (C=N–C) groups is 1. The zero-order valence-corrected chi connectivity index (χ0v) is 44.2. The average molecular weight is 1040 g/mol. The largest absolute Gasteiger partial charge is 0.481 e. The number of nitrogens with zero attached hydrogens (tertiary/aromatic N) is 1. The number of guanidine groups is 1. The number of cyclic esters (lactones) is 1. The Hall–Kier alpha value is -3.54. The fraction of sp³-hybridized carbons (Fsp3) is 0.811. The van der Waals surface area contributed by atoms with Gasteiger partial charge >= 0.3 is 17.9 Å². The van der Waals surface area contributed by atoms with Gasteiger partial charge in [0.2, 0.25) is 0 Å². The van der Waals surface area contributed by atoms with Crippen LogP contribution >= 0.6 is 0 Å². The Morgan fingerprint density at radius 1 is 0.781 bits per heavy atom. The van der Waals surface area contributed by atoms with Crippen LogP contribution in [0.3, 0.4) is 0 Å². The third-order valence-electron chi connectivity index (χ3n) is 14.7. The first-order valence-electron chi connectivity index (χ1n) is 26.3. The van der Waals surface area contributed by atoms with Crippen molar-refractivity contribution < 1.29 is 84.8 Å². The molecule has 73 heavy (non-hydrogen) atoms. The van der Waals surface area contributed by atoms with Gasteiger partial charge in [-0.2, -0.15) is 0 Å². The first-order valence-corrected chi connectivity index (χ1v) is 26.3. The number of fused-ring (bicyclic) bond motifs is 2. The quantitative estimate of drug-likeness (QED) is 0.0297. The summed E-state index contributed by atoms with van der Waals surface area (Å²) in [4.78, 5) is 41.4. The van der Waals surface area contributed by atoms with E-state index in [1.165, 1.54) is 18.2 Å². The van der Waals surface area contributed by atoms with Crippen molar-refractivity contribution in [2.45, 2.75) is 224 Å². The highest BCUT2D eigenvalue weighted by molar-refractivity contribution is 5.90. The molecule has 1 fully saturated rings. The summed E-state index contributed by atoms with van der Waals surface area (Å²) in [5.74, 6) is -8.90. The molecule has 0 aromatic heterocycles. The van der Waals surface area contributed by atoms with E-state index in [1.54, 1.807) is 33.8 Å². The summed E-state index contributed by atoms with van der Waals surface area (Å²) in [6, 6.07) is 0. The number of allylic oxidation sites excluding steroid dienone is 2. The number of nitrogens with two attached hydrogens (primary N) is 2. The Morgan fingerprint density at radius 3 is 2.07 bits per heavy atom. The maximum Gasteiger partial charge on any atom is 0.330 e. The van der Waals surface area contributed by atoms with Crippen LogP contribution in [0, 0.1) is 41.4 Å². The molecule has 2 rings (SSSR count). The van der Waals surface area contributed by atoms with E-state index >= 15 is 0 Å². The van der Waals surface area contributed by atoms with Crippen molar-refractivity contribution in [1.29, 1.82) is 0 Å². The van der Waals surface area contributed by atoms with Crippen LogP contribution in [0.15, 0.2) is 41.4 Å². The lowest BCUT2D eigenvalue weighted by molar-refractivity contribution is -0.333. The fourth-order valence-electron chi connectivity index (χ4n) is 9.67. The van der Waals surface area contributed by atoms with Crippen molar-refractivity contribution in [3.63, 3.8) is 0 Å². The number of carbonyl (C=O) groups excluding carboxylic acids is 2. The smallest absolute Gasteiger partial charge is 0.330 e. The topological polar surface area (TPSA) is 366 Å². The highest BCUT2D eigenvalue weighted by atomic mass is 16.7. The minimum absolute atomic E-state index is 0.0758. The number of ether oxygens (including phenoxy) is 3. The van der Waals surface area contributed by atoms with Crippen LogP contribution < -0.4 is 11.5 Å². The Kier molecular flexibility index (Phi) is 29.5. The molecule has 0 radical (unpaired) electrons. The number of unbranched alkanes of at least 4 members (excludes halogenated alkanes) is 2. The number of hydrogen-bond acceptors (Lipinski definition) is 17. The molecule has 0 aromatic rings. The van der Waals surface area contributed by atoms with Crippen molar-refractivity contribution in [2.24, 2.45) is 57.9 Å². The van der Waals surface area contributed by atoms with Gasteiger partial charge in [0.1, 0.15) is 24.7 Å². The molecule has 2 heterocycles. The first kappa shape index (κ1) is 65.6. The van der Waals surface area contributed by atoms with E-state index in [-0.39, 0.29) is 62.7 Å². The van der Waals surface area contributed by atoms with Gasteiger partial charge in [0.25, 0.3) is 0 Å². The van der Waals surface area contributed by atoms with Crippen molar-refractivity contribution in [3.05, 3.63) is 36.5 Å². The van der Waals surface area contributed by atoms with Gasteiger partial charge in [0, 0.05) is 68.4 Å². The Bertz CT molecular complexity index is 1750. The van der Waals surface area contributed by atoms with Crippen molar-refractivity contribution in [1.82, 2.24) is 0 Å². The first-order chi connectivity index (χ1) is 34.1. The molecule has 2 aliphatic rings. The minimum atomic E-state index is -2.52. The van der Waals surface area contributed by atoms with Gasteiger partial charge < -0.3 is 81.8 Å². The van der Waals surface area contributed by atoms with E-state index in [4.69, 9.17) is 25.7 Å². The molecule has 0 spiro atoms. The molecule has 20 unspecified atom stereocenters. The molecule has 1 saturated heterocycles. The lowest BCUT2D eigenvalue weighted by Gasteiger charge is -2.45. The normalized spacial score (nSPS) is 38.3. The van der Waals surface area contributed by atoms with Gasteiger partial charge in [0.05, 0.1) is 54.9 Å². The summed E-state index contributed by atoms with van der Waals surface area (Å²) in [5.41, 5.74) is 10.8. The van der Waals surface area contributed by atoms with Gasteiger partial charge in [-0.1, -0.05) is 85.3 Å². The van der Waals surface area contributed by atoms with E-state index < -0.39 is 139 Å². The molecule has 2 aliphatic heterocycles. The number of hydrogen-bond donors (Lipinski definition) is 13. The Morgan fingerprint density at radius 2 is 1.42 bits per heavy atom. The number of esters is 2. The van der Waals surface area contributed by atoms with Gasteiger partial charge in [-0.25, -0.2) is 4.79 Å². The summed E-state index contributed by atoms with van der Waals surface area (Å²) in [6.07, 6.45) is -2.69. The van der Waals surface area contributed by atoms with E-state index in [1.807, 2.05) is 13.8 Å². The number of carboxylic acids is 1. The standard InChI is InChI=1S/C53H93N3O17/c1-30(14-12-10-8-9-11-13-21-56-52(54)55)22-34(5)50-33(4)16-19-41(59)35(6)43(61)24-37(57)23-38(71-49(68)28-47(65)66)25-39-26-45(63)51(69)53(70,73-39)29-46(64)32(3)15-18-40(58)36(7)44(62)27-42(60)31(2)17-20-48(67)72-50/h8-9,16-17,19-20,30-46,50-51,57-64,69-70H,10-15,18,21-29H2,1-7H3,(H,65,66)(H4,54,55,56)/b9-8+,19-16+,20-17+. The zero-order chi connectivity index (χ0) is 55.2. The third-order valence-corrected chi connectivity index (χ3v) is 14.7. The predicted molar refractivity (Wildman–Crippen MR) is 273 cm³/mol. The molecule has 0 aliphatic carbocycles. The molecule has 2 bridgehead atoms. The van der Waals surface area contributed by atoms with Crippen LogP contribution in [-0.2, 0) is 28.6 Å². The third kappa shape index (κ3) is 24.3. The maximum atomic E-state index is 13.5. The van der Waals surface area contributed by atoms with Gasteiger partial charge in [-0.05, 0) is 69.1 Å². The van der Waals surface area contributed by atoms with E-state index in [2.05, 4.69) is 24.1 Å². The number of carbonyl (C=O) groups is 3. The van der Waals surface area contributed by atoms with Crippen LogP contribution in [-0.4, -0.2) is 166 Å². The molecule has 0 aromatic carbocycles. The van der Waals surface area contributed by atoms with Crippen molar-refractivity contribution in [3.8, 4) is 0 Å². The summed E-state index contributed by atoms with van der Waals surface area (Å²) < 4.78 is 17.4. The predicted octanol–water partition coefficient (Wildman–Crippen LogP) is 2.49. The number of aliphatic hydroxyl groups excluding tert-OH is 9. The molecule has 20 nitrogen and oxygen atoms in total. The van der Waals surface area contributed by atoms with Crippen LogP contribution in [0.4, 0.5) is 0 Å². The molecular formula is C53H93N3O17. The lowest BCUT2D eigenvalue weighted by atomic mass is 9.83. The molecule has 20 heteroatoms. The summed E-state index contributed by atoms with van der Waals surface area (Å²) in [6.45, 7) is 13.0. The van der Waals surface area contributed by atoms with E-state index in [0.717, 1.165) is 32.1 Å². The van der Waals surface area contributed by atoms with Crippen LogP contribution in [0.5, 0.6) is 0 Å². The fourth-order valence-corrected chi connectivity index (χ4v) is 9.67. The summed E-state index contributed by atoms with van der Waals surface area (Å²) in [7, 11) is 0. The number of aliphatic carboxylic acids is 1. The summed E-state index contributed by atoms with van der Waals surface area (Å²) >= 11 is 0. The van der Waals surface area contributed by atoms with E-state index in [9.17, 15) is 70.6 Å². The molecule has 422 valence electrons. The van der Waals surface area contributed by atoms with Gasteiger partial charge in [-0.15, -0.1) is 0 Å². The average Bonchev–Trinajstić information content (AvgIpc) is 3.30. The van der Waals surface area contributed by atoms with Crippen LogP contribution in [0.1, 0.15) is 145 Å². The number of carboxylic acid groups (broad SMARTS) is 1. The monoisotopic (exact) mass is 1040 g/mol. The molecule has 0 saturated carbocycles. The second kappa shape index (κ2) is 32.8. The molecule has 0 amide bonds. The van der Waals surface area contributed by atoms with Crippen molar-refractivity contribution in [2.75, 3.05) is 6.54 Å². The van der Waals surface area contributed by atoms with Gasteiger partial charge in [0.15, 0.2) is 11.7 Å². The summed E-state index contributed by atoms with van der Waals surface area (Å²) in [5, 5.41) is 121. The molecule has 20 atom stereocenters. The second-order valence-electron chi connectivity index (χ2n) is 21.4. The molecule has 15 N–H and O–H groups in total. The van der Waals surface area contributed by atoms with Crippen LogP contribution in [0.25, 0.3) is 0 Å². The maximum absolute atomic E-state index is 13.5. The Labute approximate surface area is 432 Å².